The van der Waals surface area contributed by atoms with Crippen LogP contribution in [0.25, 0.3) is 10.3 Å². The van der Waals surface area contributed by atoms with E-state index in [0.717, 1.165) is 22.8 Å². The molecule has 0 saturated carbocycles. The van der Waals surface area contributed by atoms with Gasteiger partial charge in [-0.3, -0.25) is 4.90 Å². The summed E-state index contributed by atoms with van der Waals surface area (Å²) in [6, 6.07) is 1.62. The number of fused-ring (bicyclic) bond motifs is 1. The van der Waals surface area contributed by atoms with Crippen LogP contribution in [0.5, 0.6) is 0 Å². The number of nitrogens with zero attached hydrogens (tertiary/aromatic N) is 3. The molecule has 2 aromatic heterocycles. The Kier molecular flexibility index (Phi) is 3.03. The predicted molar refractivity (Wildman–Crippen MR) is 71.3 cm³/mol. The van der Waals surface area contributed by atoms with E-state index in [2.05, 4.69) is 14.9 Å². The molecule has 0 N–H and O–H groups in total. The van der Waals surface area contributed by atoms with Gasteiger partial charge in [0.1, 0.15) is 5.82 Å². The van der Waals surface area contributed by atoms with Crippen molar-refractivity contribution in [1.29, 1.82) is 0 Å². The van der Waals surface area contributed by atoms with Crippen LogP contribution >= 0.6 is 11.3 Å². The molecule has 0 amide bonds. The summed E-state index contributed by atoms with van der Waals surface area (Å²) >= 11 is 1.49. The maximum atomic E-state index is 14.1. The molecule has 0 bridgehead atoms. The highest BCUT2D eigenvalue weighted by Crippen LogP contribution is 2.29. The average molecular weight is 265 g/mol. The van der Waals surface area contributed by atoms with Crippen molar-refractivity contribution in [3.05, 3.63) is 22.6 Å². The summed E-state index contributed by atoms with van der Waals surface area (Å²) in [5, 5.41) is 0.933. The van der Waals surface area contributed by atoms with E-state index in [1.807, 2.05) is 13.8 Å². The number of pyridine rings is 1. The summed E-state index contributed by atoms with van der Waals surface area (Å²) in [5.41, 5.74) is 1.22. The second-order valence-corrected chi connectivity index (χ2v) is 6.06. The molecule has 3 nitrogen and oxygen atoms in total. The lowest BCUT2D eigenvalue weighted by Gasteiger charge is -2.23. The Morgan fingerprint density at radius 2 is 2.06 bits per heavy atom. The van der Waals surface area contributed by atoms with E-state index in [-0.39, 0.29) is 11.9 Å². The molecule has 3 heterocycles. The van der Waals surface area contributed by atoms with Crippen LogP contribution in [0.3, 0.4) is 0 Å². The topological polar surface area (TPSA) is 29.0 Å². The Morgan fingerprint density at radius 3 is 2.78 bits per heavy atom. The molecule has 1 fully saturated rings. The molecule has 5 heteroatoms. The van der Waals surface area contributed by atoms with Crippen molar-refractivity contribution in [2.24, 2.45) is 0 Å². The molecule has 96 valence electrons. The van der Waals surface area contributed by atoms with Crippen molar-refractivity contribution in [2.75, 3.05) is 13.1 Å². The zero-order valence-electron chi connectivity index (χ0n) is 10.6. The third-order valence-corrected chi connectivity index (χ3v) is 4.46. The molecule has 1 aliphatic heterocycles. The fourth-order valence-electron chi connectivity index (χ4n) is 2.56. The third kappa shape index (κ3) is 2.01. The molecule has 1 aliphatic rings. The van der Waals surface area contributed by atoms with Crippen LogP contribution in [0.15, 0.2) is 6.07 Å². The van der Waals surface area contributed by atoms with E-state index >= 15 is 0 Å². The van der Waals surface area contributed by atoms with Gasteiger partial charge >= 0.3 is 0 Å². The first kappa shape index (κ1) is 12.0. The van der Waals surface area contributed by atoms with Crippen LogP contribution in [0.4, 0.5) is 4.39 Å². The van der Waals surface area contributed by atoms with Crippen molar-refractivity contribution in [1.82, 2.24) is 14.9 Å². The summed E-state index contributed by atoms with van der Waals surface area (Å²) in [7, 11) is 0. The first-order chi connectivity index (χ1) is 8.65. The van der Waals surface area contributed by atoms with Gasteiger partial charge in [-0.1, -0.05) is 0 Å². The zero-order chi connectivity index (χ0) is 12.7. The highest BCUT2D eigenvalue weighted by Gasteiger charge is 2.24. The Labute approximate surface area is 110 Å². The second kappa shape index (κ2) is 4.55. The van der Waals surface area contributed by atoms with Crippen LogP contribution in [0.1, 0.15) is 36.5 Å². The third-order valence-electron chi connectivity index (χ3n) is 3.55. The quantitative estimate of drug-likeness (QED) is 0.834. The Morgan fingerprint density at radius 1 is 1.33 bits per heavy atom. The van der Waals surface area contributed by atoms with Gasteiger partial charge in [-0.05, 0) is 45.8 Å². The van der Waals surface area contributed by atoms with Gasteiger partial charge in [0.25, 0.3) is 0 Å². The summed E-state index contributed by atoms with van der Waals surface area (Å²) in [4.78, 5) is 11.1. The molecule has 1 saturated heterocycles. The molecule has 0 spiro atoms. The molecule has 2 aromatic rings. The molecular formula is C13H16FN3S. The van der Waals surface area contributed by atoms with E-state index in [0.29, 0.717) is 11.3 Å². The summed E-state index contributed by atoms with van der Waals surface area (Å²) < 4.78 is 15.0. The standard InChI is InChI=1S/C13H16FN3S/c1-8(17-5-3-4-6-17)12-10(14)7-11-13(16-12)15-9(2)18-11/h7-8H,3-6H2,1-2H3/t8-/m1/s1. The second-order valence-electron chi connectivity index (χ2n) is 4.83. The summed E-state index contributed by atoms with van der Waals surface area (Å²) in [6.07, 6.45) is 2.40. The lowest BCUT2D eigenvalue weighted by atomic mass is 10.2. The molecule has 3 rings (SSSR count). The molecule has 0 aliphatic carbocycles. The largest absolute Gasteiger partial charge is 0.295 e. The molecular weight excluding hydrogens is 249 g/mol. The number of halogens is 1. The number of likely N-dealkylation sites (tertiary alicyclic amines) is 1. The van der Waals surface area contributed by atoms with Gasteiger partial charge in [0.2, 0.25) is 0 Å². The van der Waals surface area contributed by atoms with E-state index in [9.17, 15) is 4.39 Å². The smallest absolute Gasteiger partial charge is 0.171 e. The van der Waals surface area contributed by atoms with Gasteiger partial charge in [0.05, 0.1) is 21.4 Å². The van der Waals surface area contributed by atoms with Crippen LogP contribution in [-0.2, 0) is 0 Å². The first-order valence-electron chi connectivity index (χ1n) is 6.33. The van der Waals surface area contributed by atoms with E-state index in [1.54, 1.807) is 6.07 Å². The lowest BCUT2D eigenvalue weighted by molar-refractivity contribution is 0.253. The van der Waals surface area contributed by atoms with Crippen LogP contribution in [-0.4, -0.2) is 28.0 Å². The fourth-order valence-corrected chi connectivity index (χ4v) is 3.35. The number of aromatic nitrogens is 2. The normalized spacial score (nSPS) is 18.6. The van der Waals surface area contributed by atoms with Crippen LogP contribution < -0.4 is 0 Å². The van der Waals surface area contributed by atoms with Crippen molar-refractivity contribution >= 4 is 21.7 Å². The molecule has 1 atom stereocenters. The van der Waals surface area contributed by atoms with Gasteiger partial charge in [-0.2, -0.15) is 0 Å². The number of hydrogen-bond acceptors (Lipinski definition) is 4. The van der Waals surface area contributed by atoms with Gasteiger partial charge in [-0.15, -0.1) is 11.3 Å². The van der Waals surface area contributed by atoms with Gasteiger partial charge in [-0.25, -0.2) is 14.4 Å². The Balaban J connectivity index is 2.01. The molecule has 0 radical (unpaired) electrons. The Hall–Kier alpha value is -1.07. The van der Waals surface area contributed by atoms with Crippen molar-refractivity contribution in [2.45, 2.75) is 32.7 Å². The summed E-state index contributed by atoms with van der Waals surface area (Å²) in [6.45, 7) is 6.03. The lowest BCUT2D eigenvalue weighted by Crippen LogP contribution is -2.24. The highest BCUT2D eigenvalue weighted by atomic mass is 32.1. The Bertz CT molecular complexity index is 575. The predicted octanol–water partition coefficient (Wildman–Crippen LogP) is 3.30. The van der Waals surface area contributed by atoms with E-state index < -0.39 is 0 Å². The number of rotatable bonds is 2. The van der Waals surface area contributed by atoms with Crippen molar-refractivity contribution < 1.29 is 4.39 Å². The van der Waals surface area contributed by atoms with Crippen LogP contribution in [0, 0.1) is 12.7 Å². The monoisotopic (exact) mass is 265 g/mol. The average Bonchev–Trinajstić information content (AvgIpc) is 2.94. The highest BCUT2D eigenvalue weighted by molar-refractivity contribution is 7.18. The van der Waals surface area contributed by atoms with Crippen LogP contribution in [0.2, 0.25) is 0 Å². The van der Waals surface area contributed by atoms with Gasteiger partial charge < -0.3 is 0 Å². The van der Waals surface area contributed by atoms with Crippen molar-refractivity contribution in [3.63, 3.8) is 0 Å². The number of hydrogen-bond donors (Lipinski definition) is 0. The van der Waals surface area contributed by atoms with E-state index in [1.165, 1.54) is 24.2 Å². The molecule has 0 aromatic carbocycles. The first-order valence-corrected chi connectivity index (χ1v) is 7.14. The zero-order valence-corrected chi connectivity index (χ0v) is 11.4. The number of thiazole rings is 1. The SMILES string of the molecule is Cc1nc2nc([C@@H](C)N3CCCC3)c(F)cc2s1. The minimum absolute atomic E-state index is 0.0407. The molecule has 0 unspecified atom stereocenters. The minimum Gasteiger partial charge on any atom is -0.295 e. The summed E-state index contributed by atoms with van der Waals surface area (Å²) in [5.74, 6) is -0.203. The van der Waals surface area contributed by atoms with Gasteiger partial charge in [0.15, 0.2) is 5.65 Å². The molecule has 18 heavy (non-hydrogen) atoms. The maximum absolute atomic E-state index is 14.1. The van der Waals surface area contributed by atoms with Gasteiger partial charge in [0, 0.05) is 0 Å². The van der Waals surface area contributed by atoms with E-state index in [4.69, 9.17) is 0 Å². The fraction of sp³-hybridized carbons (Fsp3) is 0.538. The minimum atomic E-state index is -0.203. The van der Waals surface area contributed by atoms with Crippen molar-refractivity contribution in [3.8, 4) is 0 Å². The number of aryl methyl sites for hydroxylation is 1. The maximum Gasteiger partial charge on any atom is 0.171 e.